The molecule has 1 heterocycles. The molecule has 134 valence electrons. The molecule has 1 saturated heterocycles. The van der Waals surface area contributed by atoms with Crippen molar-refractivity contribution in [1.82, 2.24) is 16.0 Å². The first-order valence-corrected chi connectivity index (χ1v) is 9.02. The van der Waals surface area contributed by atoms with Crippen LogP contribution in [0.3, 0.4) is 0 Å². The highest BCUT2D eigenvalue weighted by molar-refractivity contribution is 5.73. The lowest BCUT2D eigenvalue weighted by Crippen LogP contribution is -2.54. The van der Waals surface area contributed by atoms with Gasteiger partial charge in [0.1, 0.15) is 0 Å². The molecule has 5 heteroatoms. The molecule has 1 aromatic carbocycles. The second kappa shape index (κ2) is 9.04. The molecular formula is C19H31N3O2. The third-order valence-electron chi connectivity index (χ3n) is 4.60. The molecule has 1 aliphatic rings. The highest BCUT2D eigenvalue weighted by atomic mass is 16.3. The van der Waals surface area contributed by atoms with Gasteiger partial charge in [-0.25, -0.2) is 4.79 Å². The number of hydrogen-bond donors (Lipinski definition) is 4. The average Bonchev–Trinajstić information content (AvgIpc) is 2.58. The normalized spacial score (nSPS) is 20.8. The molecule has 24 heavy (non-hydrogen) atoms. The zero-order valence-corrected chi connectivity index (χ0v) is 14.9. The fourth-order valence-electron chi connectivity index (χ4n) is 2.97. The molecule has 4 N–H and O–H groups in total. The second-order valence-electron chi connectivity index (χ2n) is 7.11. The number of β-amino-alcohol motifs (C(OH)–C–C–N with tert-alkyl or cyclic N) is 1. The Bertz CT molecular complexity index is 508. The summed E-state index contributed by atoms with van der Waals surface area (Å²) in [4.78, 5) is 11.8. The summed E-state index contributed by atoms with van der Waals surface area (Å²) in [5, 5.41) is 19.1. The highest BCUT2D eigenvalue weighted by Crippen LogP contribution is 2.15. The third kappa shape index (κ3) is 6.13. The number of aryl methyl sites for hydroxylation is 1. The first-order chi connectivity index (χ1) is 11.5. The summed E-state index contributed by atoms with van der Waals surface area (Å²) in [6.07, 6.45) is 3.52. The summed E-state index contributed by atoms with van der Waals surface area (Å²) in [6.45, 7) is 6.79. The molecule has 1 unspecified atom stereocenters. The van der Waals surface area contributed by atoms with Crippen molar-refractivity contribution in [1.29, 1.82) is 0 Å². The number of urea groups is 1. The predicted molar refractivity (Wildman–Crippen MR) is 97.3 cm³/mol. The quantitative estimate of drug-likeness (QED) is 0.578. The number of hydrogen-bond acceptors (Lipinski definition) is 3. The van der Waals surface area contributed by atoms with Gasteiger partial charge in [0, 0.05) is 19.6 Å². The van der Waals surface area contributed by atoms with Crippen LogP contribution < -0.4 is 16.0 Å². The van der Waals surface area contributed by atoms with Gasteiger partial charge in [0.25, 0.3) is 0 Å². The Kier molecular flexibility index (Phi) is 7.06. The Labute approximate surface area is 145 Å². The fraction of sp³-hybridized carbons (Fsp3) is 0.632. The van der Waals surface area contributed by atoms with E-state index in [0.717, 1.165) is 32.2 Å². The van der Waals surface area contributed by atoms with E-state index in [1.54, 1.807) is 0 Å². The maximum absolute atomic E-state index is 11.8. The Morgan fingerprint density at radius 3 is 2.67 bits per heavy atom. The standard InChI is InChI=1S/C19H31N3O2/c1-15(2)17-8-6-16(7-9-17)5-3-12-21-18(23)22-14-19(24)10-4-11-20-13-19/h6-9,15,20,24H,3-5,10-14H2,1-2H3,(H2,21,22,23). The van der Waals surface area contributed by atoms with Gasteiger partial charge in [0.15, 0.2) is 0 Å². The molecule has 0 spiro atoms. The minimum atomic E-state index is -0.812. The Balaban J connectivity index is 1.60. The zero-order valence-electron chi connectivity index (χ0n) is 14.9. The van der Waals surface area contributed by atoms with Gasteiger partial charge in [-0.05, 0) is 49.3 Å². The molecule has 0 saturated carbocycles. The molecule has 1 aliphatic heterocycles. The van der Waals surface area contributed by atoms with Crippen LogP contribution in [0, 0.1) is 0 Å². The van der Waals surface area contributed by atoms with Crippen LogP contribution in [0.25, 0.3) is 0 Å². The van der Waals surface area contributed by atoms with Crippen LogP contribution >= 0.6 is 0 Å². The van der Waals surface area contributed by atoms with Crippen molar-refractivity contribution in [3.63, 3.8) is 0 Å². The van der Waals surface area contributed by atoms with Gasteiger partial charge in [-0.2, -0.15) is 0 Å². The van der Waals surface area contributed by atoms with E-state index in [0.29, 0.717) is 25.6 Å². The van der Waals surface area contributed by atoms with Gasteiger partial charge in [-0.3, -0.25) is 0 Å². The van der Waals surface area contributed by atoms with Gasteiger partial charge in [0.2, 0.25) is 0 Å². The summed E-state index contributed by atoms with van der Waals surface area (Å²) in [5.74, 6) is 0.554. The molecule has 2 amide bonds. The van der Waals surface area contributed by atoms with E-state index < -0.39 is 5.60 Å². The van der Waals surface area contributed by atoms with Crippen LogP contribution in [-0.2, 0) is 6.42 Å². The smallest absolute Gasteiger partial charge is 0.314 e. The van der Waals surface area contributed by atoms with Crippen LogP contribution in [0.2, 0.25) is 0 Å². The lowest BCUT2D eigenvalue weighted by Gasteiger charge is -2.32. The zero-order chi connectivity index (χ0) is 17.4. The Morgan fingerprint density at radius 2 is 2.04 bits per heavy atom. The van der Waals surface area contributed by atoms with E-state index in [2.05, 4.69) is 54.1 Å². The molecule has 1 atom stereocenters. The molecule has 0 radical (unpaired) electrons. The minimum Gasteiger partial charge on any atom is -0.387 e. The number of carbonyl (C=O) groups is 1. The van der Waals surface area contributed by atoms with Gasteiger partial charge >= 0.3 is 6.03 Å². The average molecular weight is 333 g/mol. The molecule has 0 bridgehead atoms. The van der Waals surface area contributed by atoms with E-state index >= 15 is 0 Å². The van der Waals surface area contributed by atoms with Gasteiger partial charge in [0.05, 0.1) is 5.60 Å². The third-order valence-corrected chi connectivity index (χ3v) is 4.60. The molecule has 5 nitrogen and oxygen atoms in total. The number of carbonyl (C=O) groups excluding carboxylic acids is 1. The van der Waals surface area contributed by atoms with Crippen molar-refractivity contribution < 1.29 is 9.90 Å². The van der Waals surface area contributed by atoms with Crippen LogP contribution in [0.1, 0.15) is 50.2 Å². The maximum atomic E-state index is 11.8. The summed E-state index contributed by atoms with van der Waals surface area (Å²) in [7, 11) is 0. The Hall–Kier alpha value is -1.59. The van der Waals surface area contributed by atoms with Gasteiger partial charge < -0.3 is 21.1 Å². The van der Waals surface area contributed by atoms with Gasteiger partial charge in [-0.15, -0.1) is 0 Å². The largest absolute Gasteiger partial charge is 0.387 e. The maximum Gasteiger partial charge on any atom is 0.314 e. The first kappa shape index (κ1) is 18.7. The lowest BCUT2D eigenvalue weighted by molar-refractivity contribution is 0.0194. The summed E-state index contributed by atoms with van der Waals surface area (Å²) in [6, 6.07) is 8.49. The van der Waals surface area contributed by atoms with Gasteiger partial charge in [-0.1, -0.05) is 38.1 Å². The van der Waals surface area contributed by atoms with Crippen molar-refractivity contribution in [2.45, 2.75) is 51.0 Å². The van der Waals surface area contributed by atoms with E-state index in [1.165, 1.54) is 11.1 Å². The second-order valence-corrected chi connectivity index (χ2v) is 7.11. The van der Waals surface area contributed by atoms with Crippen molar-refractivity contribution in [2.24, 2.45) is 0 Å². The number of piperidine rings is 1. The molecule has 1 fully saturated rings. The van der Waals surface area contributed by atoms with Crippen molar-refractivity contribution in [2.75, 3.05) is 26.2 Å². The van der Waals surface area contributed by atoms with Crippen molar-refractivity contribution in [3.05, 3.63) is 35.4 Å². The Morgan fingerprint density at radius 1 is 1.29 bits per heavy atom. The first-order valence-electron chi connectivity index (χ1n) is 9.02. The number of nitrogens with one attached hydrogen (secondary N) is 3. The van der Waals surface area contributed by atoms with E-state index in [9.17, 15) is 9.90 Å². The summed E-state index contributed by atoms with van der Waals surface area (Å²) in [5.41, 5.74) is 1.84. The van der Waals surface area contributed by atoms with Crippen LogP contribution in [0.4, 0.5) is 4.79 Å². The van der Waals surface area contributed by atoms with E-state index in [1.807, 2.05) is 0 Å². The highest BCUT2D eigenvalue weighted by Gasteiger charge is 2.29. The molecule has 1 aromatic rings. The number of amides is 2. The van der Waals surface area contributed by atoms with Crippen molar-refractivity contribution >= 4 is 6.03 Å². The molecule has 2 rings (SSSR count). The molecule has 0 aromatic heterocycles. The monoisotopic (exact) mass is 333 g/mol. The minimum absolute atomic E-state index is 0.204. The number of aliphatic hydroxyl groups is 1. The summed E-state index contributed by atoms with van der Waals surface area (Å²) >= 11 is 0. The van der Waals surface area contributed by atoms with Crippen molar-refractivity contribution in [3.8, 4) is 0 Å². The fourth-order valence-corrected chi connectivity index (χ4v) is 2.97. The molecular weight excluding hydrogens is 302 g/mol. The summed E-state index contributed by atoms with van der Waals surface area (Å²) < 4.78 is 0. The lowest BCUT2D eigenvalue weighted by atomic mass is 9.94. The topological polar surface area (TPSA) is 73.4 Å². The molecule has 0 aliphatic carbocycles. The van der Waals surface area contributed by atoms with E-state index in [4.69, 9.17) is 0 Å². The van der Waals surface area contributed by atoms with Crippen LogP contribution in [0.15, 0.2) is 24.3 Å². The SMILES string of the molecule is CC(C)c1ccc(CCCNC(=O)NCC2(O)CCCNC2)cc1. The van der Waals surface area contributed by atoms with E-state index in [-0.39, 0.29) is 6.03 Å². The number of rotatable bonds is 7. The van der Waals surface area contributed by atoms with Crippen LogP contribution in [-0.4, -0.2) is 42.9 Å². The predicted octanol–water partition coefficient (Wildman–Crippen LogP) is 2.16. The number of benzene rings is 1. The van der Waals surface area contributed by atoms with Crippen LogP contribution in [0.5, 0.6) is 0 Å².